The van der Waals surface area contributed by atoms with Crippen molar-refractivity contribution in [2.45, 2.75) is 18.6 Å². The van der Waals surface area contributed by atoms with Crippen molar-refractivity contribution in [1.82, 2.24) is 20.8 Å². The quantitative estimate of drug-likeness (QED) is 0.781. The molecule has 1 aromatic heterocycles. The molecule has 1 fully saturated rings. The molecule has 1 aliphatic heterocycles. The fraction of sp³-hybridized carbons (Fsp3) is 0.375. The van der Waals surface area contributed by atoms with Crippen molar-refractivity contribution < 1.29 is 13.9 Å². The molecule has 2 aromatic rings. The third kappa shape index (κ3) is 3.68. The van der Waals surface area contributed by atoms with E-state index in [9.17, 15) is 9.18 Å². The van der Waals surface area contributed by atoms with Gasteiger partial charge in [-0.3, -0.25) is 9.89 Å². The molecule has 0 aliphatic carbocycles. The molecular formula is C16H19FN4O2. The molecule has 7 heteroatoms. The van der Waals surface area contributed by atoms with Crippen LogP contribution in [-0.4, -0.2) is 48.5 Å². The van der Waals surface area contributed by atoms with Crippen molar-refractivity contribution in [3.05, 3.63) is 36.0 Å². The first-order chi connectivity index (χ1) is 11.2. The molecule has 122 valence electrons. The molecule has 3 rings (SSSR count). The first-order valence-corrected chi connectivity index (χ1v) is 7.51. The van der Waals surface area contributed by atoms with Crippen LogP contribution in [-0.2, 0) is 0 Å². The fourth-order valence-corrected chi connectivity index (χ4v) is 2.58. The minimum absolute atomic E-state index is 0.0158. The number of nitrogens with one attached hydrogen (secondary N) is 3. The zero-order valence-corrected chi connectivity index (χ0v) is 12.8. The average molecular weight is 318 g/mol. The summed E-state index contributed by atoms with van der Waals surface area (Å²) >= 11 is 0. The summed E-state index contributed by atoms with van der Waals surface area (Å²) in [6.45, 7) is 0.752. The van der Waals surface area contributed by atoms with E-state index in [1.54, 1.807) is 13.2 Å². The van der Waals surface area contributed by atoms with Crippen molar-refractivity contribution >= 4 is 5.91 Å². The number of carbonyl (C=O) groups excluding carboxylic acids is 1. The number of benzene rings is 1. The third-order valence-electron chi connectivity index (χ3n) is 3.89. The standard InChI is InChI=1S/C16H19FN4O2/c1-23-13-4-2-10(3-5-13)14-7-15(21-20-14)16(22)19-9-12-6-11(17)8-18-12/h2-5,7,11-12,18H,6,8-9H2,1H3,(H,19,22)(H,20,21)/t11-,12-/m0/s1. The number of rotatable bonds is 5. The van der Waals surface area contributed by atoms with Gasteiger partial charge < -0.3 is 15.4 Å². The summed E-state index contributed by atoms with van der Waals surface area (Å²) < 4.78 is 18.2. The van der Waals surface area contributed by atoms with Gasteiger partial charge in [0, 0.05) is 24.7 Å². The molecule has 1 aliphatic rings. The van der Waals surface area contributed by atoms with Crippen molar-refractivity contribution in [3.63, 3.8) is 0 Å². The number of amides is 1. The third-order valence-corrected chi connectivity index (χ3v) is 3.89. The number of hydrogen-bond donors (Lipinski definition) is 3. The highest BCUT2D eigenvalue weighted by molar-refractivity contribution is 5.93. The summed E-state index contributed by atoms with van der Waals surface area (Å²) in [5.74, 6) is 0.513. The Morgan fingerprint density at radius 2 is 2.22 bits per heavy atom. The second-order valence-electron chi connectivity index (χ2n) is 5.54. The smallest absolute Gasteiger partial charge is 0.269 e. The summed E-state index contributed by atoms with van der Waals surface area (Å²) in [7, 11) is 1.61. The maximum atomic E-state index is 13.1. The van der Waals surface area contributed by atoms with Crippen LogP contribution in [0.1, 0.15) is 16.9 Å². The number of halogens is 1. The van der Waals surface area contributed by atoms with E-state index in [4.69, 9.17) is 4.74 Å². The van der Waals surface area contributed by atoms with Crippen molar-refractivity contribution in [2.24, 2.45) is 0 Å². The minimum Gasteiger partial charge on any atom is -0.497 e. The van der Waals surface area contributed by atoms with Crippen molar-refractivity contribution in [3.8, 4) is 17.0 Å². The van der Waals surface area contributed by atoms with E-state index in [-0.39, 0.29) is 11.9 Å². The Balaban J connectivity index is 1.60. The van der Waals surface area contributed by atoms with Crippen molar-refractivity contribution in [1.29, 1.82) is 0 Å². The largest absolute Gasteiger partial charge is 0.497 e. The number of methoxy groups -OCH3 is 1. The lowest BCUT2D eigenvalue weighted by atomic mass is 10.1. The summed E-state index contributed by atoms with van der Waals surface area (Å²) in [4.78, 5) is 12.1. The number of nitrogens with zero attached hydrogens (tertiary/aromatic N) is 1. The number of H-pyrrole nitrogens is 1. The van der Waals surface area contributed by atoms with Crippen LogP contribution in [0.3, 0.4) is 0 Å². The molecule has 2 atom stereocenters. The Hall–Kier alpha value is -2.41. The number of carbonyl (C=O) groups is 1. The lowest BCUT2D eigenvalue weighted by molar-refractivity contribution is 0.0945. The van der Waals surface area contributed by atoms with E-state index in [1.807, 2.05) is 24.3 Å². The number of aromatic amines is 1. The number of alkyl halides is 1. The Morgan fingerprint density at radius 1 is 1.43 bits per heavy atom. The number of ether oxygens (including phenoxy) is 1. The second-order valence-corrected chi connectivity index (χ2v) is 5.54. The molecule has 1 saturated heterocycles. The summed E-state index contributed by atoms with van der Waals surface area (Å²) in [6.07, 6.45) is -0.397. The highest BCUT2D eigenvalue weighted by atomic mass is 19.1. The van der Waals surface area contributed by atoms with Gasteiger partial charge in [-0.15, -0.1) is 0 Å². The van der Waals surface area contributed by atoms with Gasteiger partial charge in [-0.25, -0.2) is 4.39 Å². The second kappa shape index (κ2) is 6.78. The molecule has 1 amide bonds. The zero-order valence-electron chi connectivity index (χ0n) is 12.8. The topological polar surface area (TPSA) is 79.0 Å². The van der Waals surface area contributed by atoms with E-state index >= 15 is 0 Å². The lowest BCUT2D eigenvalue weighted by Crippen LogP contribution is -2.37. The molecule has 0 unspecified atom stereocenters. The maximum Gasteiger partial charge on any atom is 0.269 e. The van der Waals surface area contributed by atoms with Gasteiger partial charge in [0.15, 0.2) is 0 Å². The van der Waals surface area contributed by atoms with Gasteiger partial charge in [0.05, 0.1) is 12.8 Å². The normalized spacial score (nSPS) is 20.4. The Labute approximate surface area is 133 Å². The molecule has 0 bridgehead atoms. The Bertz CT molecular complexity index is 671. The van der Waals surface area contributed by atoms with Crippen LogP contribution in [0.5, 0.6) is 5.75 Å². The average Bonchev–Trinajstić information content (AvgIpc) is 3.22. The van der Waals surface area contributed by atoms with Gasteiger partial charge in [-0.1, -0.05) is 0 Å². The monoisotopic (exact) mass is 318 g/mol. The van der Waals surface area contributed by atoms with Gasteiger partial charge in [0.25, 0.3) is 5.91 Å². The number of aromatic nitrogens is 2. The first-order valence-electron chi connectivity index (χ1n) is 7.51. The van der Waals surface area contributed by atoms with Crippen LogP contribution < -0.4 is 15.4 Å². The van der Waals surface area contributed by atoms with Crippen LogP contribution in [0.15, 0.2) is 30.3 Å². The van der Waals surface area contributed by atoms with Crippen molar-refractivity contribution in [2.75, 3.05) is 20.2 Å². The zero-order chi connectivity index (χ0) is 16.2. The van der Waals surface area contributed by atoms with E-state index in [0.717, 1.165) is 11.3 Å². The van der Waals surface area contributed by atoms with Crippen LogP contribution in [0.4, 0.5) is 4.39 Å². The van der Waals surface area contributed by atoms with E-state index in [1.165, 1.54) is 0 Å². The summed E-state index contributed by atoms with van der Waals surface area (Å²) in [5.41, 5.74) is 1.95. The van der Waals surface area contributed by atoms with Gasteiger partial charge >= 0.3 is 0 Å². The predicted molar refractivity (Wildman–Crippen MR) is 84.2 cm³/mol. The Kier molecular flexibility index (Phi) is 4.57. The highest BCUT2D eigenvalue weighted by Gasteiger charge is 2.24. The lowest BCUT2D eigenvalue weighted by Gasteiger charge is -2.10. The first kappa shape index (κ1) is 15.5. The molecule has 6 nitrogen and oxygen atoms in total. The van der Waals surface area contributed by atoms with Crippen LogP contribution in [0, 0.1) is 0 Å². The van der Waals surface area contributed by atoms with Gasteiger partial charge in [-0.05, 0) is 36.8 Å². The molecule has 3 N–H and O–H groups in total. The number of hydrogen-bond acceptors (Lipinski definition) is 4. The SMILES string of the molecule is COc1ccc(-c2cc(C(=O)NC[C@@H]3C[C@H](F)CN3)[nH]n2)cc1. The van der Waals surface area contributed by atoms with E-state index < -0.39 is 6.17 Å². The Morgan fingerprint density at radius 3 is 2.87 bits per heavy atom. The molecule has 0 saturated carbocycles. The van der Waals surface area contributed by atoms with Crippen LogP contribution in [0.2, 0.25) is 0 Å². The summed E-state index contributed by atoms with van der Waals surface area (Å²) in [6, 6.07) is 9.10. The van der Waals surface area contributed by atoms with E-state index in [0.29, 0.717) is 30.9 Å². The molecular weight excluding hydrogens is 299 g/mol. The van der Waals surface area contributed by atoms with Gasteiger partial charge in [0.1, 0.15) is 17.6 Å². The van der Waals surface area contributed by atoms with Crippen LogP contribution in [0.25, 0.3) is 11.3 Å². The molecule has 23 heavy (non-hydrogen) atoms. The predicted octanol–water partition coefficient (Wildman–Crippen LogP) is 1.52. The van der Waals surface area contributed by atoms with Crippen LogP contribution >= 0.6 is 0 Å². The minimum atomic E-state index is -0.828. The van der Waals surface area contributed by atoms with Gasteiger partial charge in [-0.2, -0.15) is 5.10 Å². The van der Waals surface area contributed by atoms with Gasteiger partial charge in [0.2, 0.25) is 0 Å². The fourth-order valence-electron chi connectivity index (χ4n) is 2.58. The molecule has 0 spiro atoms. The molecule has 1 aromatic carbocycles. The summed E-state index contributed by atoms with van der Waals surface area (Å²) in [5, 5.41) is 12.7. The molecule has 2 heterocycles. The molecule has 0 radical (unpaired) electrons. The maximum absolute atomic E-state index is 13.1. The van der Waals surface area contributed by atoms with E-state index in [2.05, 4.69) is 20.8 Å². The highest BCUT2D eigenvalue weighted by Crippen LogP contribution is 2.21.